The Kier molecular flexibility index (Phi) is 5.36. The van der Waals surface area contributed by atoms with E-state index in [1.54, 1.807) is 30.5 Å². The van der Waals surface area contributed by atoms with Crippen molar-refractivity contribution in [1.29, 1.82) is 0 Å². The molecule has 0 radical (unpaired) electrons. The summed E-state index contributed by atoms with van der Waals surface area (Å²) in [5, 5.41) is 12.4. The van der Waals surface area contributed by atoms with Crippen LogP contribution in [-0.2, 0) is 16.6 Å². The van der Waals surface area contributed by atoms with Gasteiger partial charge >= 0.3 is 0 Å². The molecule has 0 aliphatic carbocycles. The molecule has 8 nitrogen and oxygen atoms in total. The van der Waals surface area contributed by atoms with E-state index in [0.717, 1.165) is 39.5 Å². The van der Waals surface area contributed by atoms with E-state index in [4.69, 9.17) is 0 Å². The summed E-state index contributed by atoms with van der Waals surface area (Å²) >= 11 is 0. The quantitative estimate of drug-likeness (QED) is 0.356. The highest BCUT2D eigenvalue weighted by Crippen LogP contribution is 2.38. The number of para-hydroxylation sites is 1. The highest BCUT2D eigenvalue weighted by molar-refractivity contribution is 7.89. The lowest BCUT2D eigenvalue weighted by Gasteiger charge is -2.11. The van der Waals surface area contributed by atoms with Gasteiger partial charge in [-0.1, -0.05) is 54.1 Å². The summed E-state index contributed by atoms with van der Waals surface area (Å²) in [5.74, 6) is 2.10. The molecule has 5 aromatic rings. The minimum atomic E-state index is -3.60. The third-order valence-corrected chi connectivity index (χ3v) is 7.54. The van der Waals surface area contributed by atoms with Crippen molar-refractivity contribution in [2.45, 2.75) is 18.4 Å². The SMILES string of the molecule is Cc1ccc(S(=O)(=O)NCc2ccc(-c3nnc4n3-c3cccnc3Nc3ccccc3-4)cc2)cc1. The fourth-order valence-corrected chi connectivity index (χ4v) is 5.23. The first kappa shape index (κ1) is 22.1. The van der Waals surface area contributed by atoms with Gasteiger partial charge in [-0.2, -0.15) is 0 Å². The highest BCUT2D eigenvalue weighted by atomic mass is 32.2. The zero-order valence-electron chi connectivity index (χ0n) is 19.4. The van der Waals surface area contributed by atoms with Crippen LogP contribution in [0.15, 0.2) is 96.0 Å². The number of aryl methyl sites for hydroxylation is 1. The molecule has 2 aromatic heterocycles. The summed E-state index contributed by atoms with van der Waals surface area (Å²) in [6.07, 6.45) is 1.75. The predicted molar refractivity (Wildman–Crippen MR) is 139 cm³/mol. The summed E-state index contributed by atoms with van der Waals surface area (Å²) in [6.45, 7) is 2.10. The average molecular weight is 495 g/mol. The van der Waals surface area contributed by atoms with Crippen LogP contribution in [0.4, 0.5) is 11.5 Å². The summed E-state index contributed by atoms with van der Waals surface area (Å²) in [5.41, 5.74) is 5.38. The van der Waals surface area contributed by atoms with Crippen LogP contribution in [0.1, 0.15) is 11.1 Å². The Hall–Kier alpha value is -4.34. The topological polar surface area (TPSA) is 102 Å². The average Bonchev–Trinajstić information content (AvgIpc) is 3.28. The number of rotatable bonds is 5. The van der Waals surface area contributed by atoms with Crippen LogP contribution in [0.2, 0.25) is 0 Å². The maximum Gasteiger partial charge on any atom is 0.240 e. The number of fused-ring (bicyclic) bond motifs is 5. The third-order valence-electron chi connectivity index (χ3n) is 6.12. The van der Waals surface area contributed by atoms with Crippen molar-refractivity contribution in [3.05, 3.63) is 102 Å². The molecule has 178 valence electrons. The first-order valence-electron chi connectivity index (χ1n) is 11.4. The molecule has 3 aromatic carbocycles. The van der Waals surface area contributed by atoms with Crippen LogP contribution in [0.25, 0.3) is 28.5 Å². The number of nitrogens with one attached hydrogen (secondary N) is 2. The Labute approximate surface area is 208 Å². The molecule has 9 heteroatoms. The molecule has 3 heterocycles. The largest absolute Gasteiger partial charge is 0.338 e. The Balaban J connectivity index is 1.32. The number of benzene rings is 3. The monoisotopic (exact) mass is 494 g/mol. The van der Waals surface area contributed by atoms with Gasteiger partial charge in [0.15, 0.2) is 17.5 Å². The summed E-state index contributed by atoms with van der Waals surface area (Å²) in [7, 11) is -3.60. The minimum absolute atomic E-state index is 0.179. The molecule has 0 bridgehead atoms. The Bertz CT molecular complexity index is 1680. The van der Waals surface area contributed by atoms with E-state index in [0.29, 0.717) is 11.6 Å². The van der Waals surface area contributed by atoms with Crippen molar-refractivity contribution in [3.63, 3.8) is 0 Å². The number of aromatic nitrogens is 4. The number of anilines is 2. The van der Waals surface area contributed by atoms with Gasteiger partial charge < -0.3 is 5.32 Å². The van der Waals surface area contributed by atoms with E-state index in [2.05, 4.69) is 25.2 Å². The van der Waals surface area contributed by atoms with Crippen molar-refractivity contribution >= 4 is 21.5 Å². The zero-order valence-corrected chi connectivity index (χ0v) is 20.2. The van der Waals surface area contributed by atoms with Gasteiger partial charge in [-0.25, -0.2) is 18.1 Å². The van der Waals surface area contributed by atoms with E-state index < -0.39 is 10.0 Å². The van der Waals surface area contributed by atoms with Crippen LogP contribution in [-0.4, -0.2) is 28.2 Å². The van der Waals surface area contributed by atoms with Gasteiger partial charge in [0.25, 0.3) is 0 Å². The summed E-state index contributed by atoms with van der Waals surface area (Å²) < 4.78 is 29.9. The first-order chi connectivity index (χ1) is 17.5. The second-order valence-electron chi connectivity index (χ2n) is 8.56. The fourth-order valence-electron chi connectivity index (χ4n) is 4.21. The molecule has 2 N–H and O–H groups in total. The maximum absolute atomic E-state index is 12.6. The van der Waals surface area contributed by atoms with Crippen LogP contribution < -0.4 is 10.0 Å². The van der Waals surface area contributed by atoms with Gasteiger partial charge in [0.2, 0.25) is 10.0 Å². The molecule has 0 fully saturated rings. The van der Waals surface area contributed by atoms with Crippen molar-refractivity contribution in [2.75, 3.05) is 5.32 Å². The number of sulfonamides is 1. The van der Waals surface area contributed by atoms with E-state index in [-0.39, 0.29) is 11.4 Å². The van der Waals surface area contributed by atoms with E-state index in [9.17, 15) is 8.42 Å². The fraction of sp³-hybridized carbons (Fsp3) is 0.0741. The molecule has 1 aliphatic heterocycles. The van der Waals surface area contributed by atoms with Crippen LogP contribution >= 0.6 is 0 Å². The Morgan fingerprint density at radius 2 is 1.61 bits per heavy atom. The number of nitrogens with zero attached hydrogens (tertiary/aromatic N) is 4. The third kappa shape index (κ3) is 3.94. The molecule has 0 saturated carbocycles. The molecular weight excluding hydrogens is 472 g/mol. The molecular formula is C27H22N6O2S. The van der Waals surface area contributed by atoms with Gasteiger partial charge in [0.1, 0.15) is 0 Å². The lowest BCUT2D eigenvalue weighted by molar-refractivity contribution is 0.581. The van der Waals surface area contributed by atoms with E-state index in [1.807, 2.05) is 72.2 Å². The molecule has 0 spiro atoms. The lowest BCUT2D eigenvalue weighted by atomic mass is 10.1. The smallest absolute Gasteiger partial charge is 0.240 e. The van der Waals surface area contributed by atoms with Crippen LogP contribution in [0.5, 0.6) is 0 Å². The minimum Gasteiger partial charge on any atom is -0.338 e. The van der Waals surface area contributed by atoms with Crippen LogP contribution in [0.3, 0.4) is 0 Å². The number of hydrogen-bond acceptors (Lipinski definition) is 6. The van der Waals surface area contributed by atoms with Gasteiger partial charge in [-0.15, -0.1) is 10.2 Å². The first-order valence-corrected chi connectivity index (χ1v) is 12.9. The normalized spacial score (nSPS) is 12.1. The second kappa shape index (κ2) is 8.71. The van der Waals surface area contributed by atoms with Gasteiger partial charge in [0.05, 0.1) is 16.3 Å². The number of pyridine rings is 1. The number of hydrogen-bond donors (Lipinski definition) is 2. The second-order valence-corrected chi connectivity index (χ2v) is 10.3. The molecule has 0 amide bonds. The molecule has 0 atom stereocenters. The van der Waals surface area contributed by atoms with Crippen molar-refractivity contribution in [3.8, 4) is 28.5 Å². The molecule has 36 heavy (non-hydrogen) atoms. The molecule has 6 rings (SSSR count). The summed E-state index contributed by atoms with van der Waals surface area (Å²) in [4.78, 5) is 4.78. The summed E-state index contributed by atoms with van der Waals surface area (Å²) in [6, 6.07) is 26.2. The van der Waals surface area contributed by atoms with Gasteiger partial charge in [0, 0.05) is 23.9 Å². The van der Waals surface area contributed by atoms with E-state index in [1.165, 1.54) is 0 Å². The Morgan fingerprint density at radius 1 is 0.861 bits per heavy atom. The Morgan fingerprint density at radius 3 is 2.42 bits per heavy atom. The standard InChI is InChI=1S/C27H22N6O2S/c1-18-8-14-21(15-9-18)36(34,35)29-17-19-10-12-20(13-11-19)26-31-32-27-22-5-2-3-6-23(22)30-25-24(33(26)27)7-4-16-28-25/h2-16,29H,17H2,1H3,(H,28,30). The van der Waals surface area contributed by atoms with Crippen molar-refractivity contribution in [1.82, 2.24) is 24.5 Å². The highest BCUT2D eigenvalue weighted by Gasteiger charge is 2.24. The van der Waals surface area contributed by atoms with Crippen molar-refractivity contribution in [2.24, 2.45) is 0 Å². The predicted octanol–water partition coefficient (Wildman–Crippen LogP) is 4.84. The maximum atomic E-state index is 12.6. The zero-order chi connectivity index (χ0) is 24.7. The van der Waals surface area contributed by atoms with Crippen molar-refractivity contribution < 1.29 is 8.42 Å². The van der Waals surface area contributed by atoms with Gasteiger partial charge in [-0.3, -0.25) is 4.57 Å². The van der Waals surface area contributed by atoms with E-state index >= 15 is 0 Å². The van der Waals surface area contributed by atoms with Gasteiger partial charge in [-0.05, 0) is 48.9 Å². The lowest BCUT2D eigenvalue weighted by Crippen LogP contribution is -2.23. The molecule has 0 saturated heterocycles. The molecule has 0 unspecified atom stereocenters. The van der Waals surface area contributed by atoms with Crippen LogP contribution in [0, 0.1) is 6.92 Å². The molecule has 1 aliphatic rings.